The number of ether oxygens (including phenoxy) is 1. The predicted molar refractivity (Wildman–Crippen MR) is 83.2 cm³/mol. The van der Waals surface area contributed by atoms with Crippen molar-refractivity contribution in [2.75, 3.05) is 7.11 Å². The summed E-state index contributed by atoms with van der Waals surface area (Å²) in [5.41, 5.74) is 1.87. The monoisotopic (exact) mass is 329 g/mol. The highest BCUT2D eigenvalue weighted by Crippen LogP contribution is 2.39. The number of halogens is 2. The highest BCUT2D eigenvalue weighted by Gasteiger charge is 2.29. The molecule has 114 valence electrons. The Morgan fingerprint density at radius 3 is 2.90 bits per heavy atom. The second-order valence-corrected chi connectivity index (χ2v) is 5.66. The van der Waals surface area contributed by atoms with Crippen molar-refractivity contribution in [2.24, 2.45) is 5.16 Å². The summed E-state index contributed by atoms with van der Waals surface area (Å²) in [7, 11) is 1.31. The number of oxime groups is 1. The van der Waals surface area contributed by atoms with Crippen LogP contribution in [0, 0.1) is 0 Å². The van der Waals surface area contributed by atoms with Crippen LogP contribution >= 0.6 is 23.2 Å². The van der Waals surface area contributed by atoms with Crippen molar-refractivity contribution in [3.63, 3.8) is 0 Å². The maximum Gasteiger partial charge on any atom is 0.339 e. The van der Waals surface area contributed by atoms with Crippen LogP contribution < -0.4 is 0 Å². The summed E-state index contributed by atoms with van der Waals surface area (Å²) in [6.07, 6.45) is 3.37. The van der Waals surface area contributed by atoms with Crippen LogP contribution in [0.1, 0.15) is 54.6 Å². The van der Waals surface area contributed by atoms with Gasteiger partial charge in [-0.3, -0.25) is 0 Å². The fourth-order valence-corrected chi connectivity index (χ4v) is 2.93. The topological polar surface area (TPSA) is 47.9 Å². The van der Waals surface area contributed by atoms with Crippen LogP contribution in [0.5, 0.6) is 0 Å². The Kier molecular flexibility index (Phi) is 5.48. The largest absolute Gasteiger partial charge is 0.465 e. The Bertz CT molecular complexity index is 572. The number of carbonyl (C=O) groups excluding carboxylic acids is 1. The van der Waals surface area contributed by atoms with Gasteiger partial charge in [0.15, 0.2) is 6.10 Å². The molecule has 1 aliphatic rings. The summed E-state index contributed by atoms with van der Waals surface area (Å²) >= 11 is 12.5. The Morgan fingerprint density at radius 1 is 1.48 bits per heavy atom. The lowest BCUT2D eigenvalue weighted by Crippen LogP contribution is -2.07. The zero-order valence-electron chi connectivity index (χ0n) is 12.0. The maximum absolute atomic E-state index is 11.7. The van der Waals surface area contributed by atoms with Crippen molar-refractivity contribution in [1.82, 2.24) is 0 Å². The number of nitrogens with zero attached hydrogens (tertiary/aromatic N) is 1. The van der Waals surface area contributed by atoms with E-state index in [4.69, 9.17) is 32.8 Å². The molecule has 0 fully saturated rings. The van der Waals surface area contributed by atoms with Gasteiger partial charge < -0.3 is 9.57 Å². The van der Waals surface area contributed by atoms with E-state index in [-0.39, 0.29) is 16.7 Å². The Balaban J connectivity index is 2.23. The molecule has 0 bridgehead atoms. The lowest BCUT2D eigenvalue weighted by atomic mass is 10.00. The first kappa shape index (κ1) is 16.1. The molecule has 2 rings (SSSR count). The summed E-state index contributed by atoms with van der Waals surface area (Å²) < 4.78 is 4.71. The van der Waals surface area contributed by atoms with Crippen molar-refractivity contribution in [3.8, 4) is 0 Å². The van der Waals surface area contributed by atoms with Gasteiger partial charge >= 0.3 is 5.97 Å². The molecule has 0 N–H and O–H groups in total. The van der Waals surface area contributed by atoms with Gasteiger partial charge in [0.05, 0.1) is 23.4 Å². The standard InChI is InChI=1S/C15H17Cl2NO3/c1-3-4-5-9-8-12(21-18-9)13-11(16)7-6-10(14(13)17)15(19)20-2/h6-7,12H,3-5,8H2,1-2H3. The molecule has 0 spiro atoms. The number of rotatable bonds is 5. The number of esters is 1. The number of hydrogen-bond donors (Lipinski definition) is 0. The lowest BCUT2D eigenvalue weighted by Gasteiger charge is -2.14. The van der Waals surface area contributed by atoms with E-state index < -0.39 is 5.97 Å². The van der Waals surface area contributed by atoms with Gasteiger partial charge in [0.2, 0.25) is 0 Å². The normalized spacial score (nSPS) is 17.3. The van der Waals surface area contributed by atoms with Crippen molar-refractivity contribution < 1.29 is 14.4 Å². The fourth-order valence-electron chi connectivity index (χ4n) is 2.24. The van der Waals surface area contributed by atoms with E-state index in [1.807, 2.05) is 0 Å². The van der Waals surface area contributed by atoms with Gasteiger partial charge in [-0.15, -0.1) is 0 Å². The third-order valence-electron chi connectivity index (χ3n) is 3.40. The molecular formula is C15H17Cl2NO3. The van der Waals surface area contributed by atoms with E-state index in [0.29, 0.717) is 17.0 Å². The van der Waals surface area contributed by atoms with Gasteiger partial charge in [0.25, 0.3) is 0 Å². The molecule has 0 radical (unpaired) electrons. The van der Waals surface area contributed by atoms with E-state index in [0.717, 1.165) is 25.0 Å². The third-order valence-corrected chi connectivity index (χ3v) is 4.14. The molecule has 1 aromatic carbocycles. The van der Waals surface area contributed by atoms with Gasteiger partial charge in [-0.05, 0) is 25.0 Å². The van der Waals surface area contributed by atoms with E-state index in [1.54, 1.807) is 12.1 Å². The molecule has 1 unspecified atom stereocenters. The van der Waals surface area contributed by atoms with Crippen molar-refractivity contribution in [3.05, 3.63) is 33.3 Å². The highest BCUT2D eigenvalue weighted by atomic mass is 35.5. The first-order valence-electron chi connectivity index (χ1n) is 6.86. The fraction of sp³-hybridized carbons (Fsp3) is 0.467. The second-order valence-electron chi connectivity index (χ2n) is 4.87. The molecule has 1 atom stereocenters. The maximum atomic E-state index is 11.7. The summed E-state index contributed by atoms with van der Waals surface area (Å²) in [5, 5.41) is 4.82. The molecule has 0 aliphatic carbocycles. The van der Waals surface area contributed by atoms with E-state index >= 15 is 0 Å². The average Bonchev–Trinajstić information content (AvgIpc) is 2.93. The first-order chi connectivity index (χ1) is 10.1. The highest BCUT2D eigenvalue weighted by molar-refractivity contribution is 6.38. The van der Waals surface area contributed by atoms with Crippen LogP contribution in [-0.4, -0.2) is 18.8 Å². The summed E-state index contributed by atoms with van der Waals surface area (Å²) in [6, 6.07) is 3.18. The molecule has 0 saturated heterocycles. The van der Waals surface area contributed by atoms with Crippen LogP contribution in [0.15, 0.2) is 17.3 Å². The molecule has 1 heterocycles. The molecule has 1 aliphatic heterocycles. The Labute approximate surface area is 134 Å². The van der Waals surface area contributed by atoms with Crippen LogP contribution in [0.25, 0.3) is 0 Å². The van der Waals surface area contributed by atoms with Crippen molar-refractivity contribution >= 4 is 34.9 Å². The zero-order chi connectivity index (χ0) is 15.4. The van der Waals surface area contributed by atoms with Crippen LogP contribution in [0.3, 0.4) is 0 Å². The second kappa shape index (κ2) is 7.14. The lowest BCUT2D eigenvalue weighted by molar-refractivity contribution is 0.0599. The van der Waals surface area contributed by atoms with E-state index in [1.165, 1.54) is 7.11 Å². The number of unbranched alkanes of at least 4 members (excludes halogenated alkanes) is 1. The van der Waals surface area contributed by atoms with Crippen LogP contribution in [0.4, 0.5) is 0 Å². The van der Waals surface area contributed by atoms with Crippen molar-refractivity contribution in [1.29, 1.82) is 0 Å². The Morgan fingerprint density at radius 2 is 2.24 bits per heavy atom. The summed E-state index contributed by atoms with van der Waals surface area (Å²) in [5.74, 6) is -0.497. The molecule has 4 nitrogen and oxygen atoms in total. The van der Waals surface area contributed by atoms with Gasteiger partial charge in [0.1, 0.15) is 0 Å². The quantitative estimate of drug-likeness (QED) is 0.730. The molecule has 0 saturated carbocycles. The first-order valence-corrected chi connectivity index (χ1v) is 7.61. The number of carbonyl (C=O) groups is 1. The van der Waals surface area contributed by atoms with Crippen LogP contribution in [-0.2, 0) is 9.57 Å². The van der Waals surface area contributed by atoms with Crippen LogP contribution in [0.2, 0.25) is 10.0 Å². The van der Waals surface area contributed by atoms with E-state index in [9.17, 15) is 4.79 Å². The van der Waals surface area contributed by atoms with Gasteiger partial charge in [-0.1, -0.05) is 41.7 Å². The minimum Gasteiger partial charge on any atom is -0.465 e. The predicted octanol–water partition coefficient (Wildman–Crippen LogP) is 4.79. The third kappa shape index (κ3) is 3.50. The smallest absolute Gasteiger partial charge is 0.339 e. The van der Waals surface area contributed by atoms with Crippen molar-refractivity contribution in [2.45, 2.75) is 38.7 Å². The Hall–Kier alpha value is -1.26. The van der Waals surface area contributed by atoms with E-state index in [2.05, 4.69) is 12.1 Å². The molecule has 6 heteroatoms. The molecular weight excluding hydrogens is 313 g/mol. The number of benzene rings is 1. The molecule has 1 aromatic rings. The summed E-state index contributed by atoms with van der Waals surface area (Å²) in [4.78, 5) is 17.1. The van der Waals surface area contributed by atoms with Gasteiger partial charge in [-0.2, -0.15) is 0 Å². The zero-order valence-corrected chi connectivity index (χ0v) is 13.5. The molecule has 0 amide bonds. The average molecular weight is 330 g/mol. The van der Waals surface area contributed by atoms with Gasteiger partial charge in [-0.25, -0.2) is 4.79 Å². The number of methoxy groups -OCH3 is 1. The minimum absolute atomic E-state index is 0.270. The molecule has 21 heavy (non-hydrogen) atoms. The van der Waals surface area contributed by atoms with Gasteiger partial charge in [0, 0.05) is 17.0 Å². The SMILES string of the molecule is CCCCC1=NOC(c2c(Cl)ccc(C(=O)OC)c2Cl)C1. The molecule has 0 aromatic heterocycles. The minimum atomic E-state index is -0.497. The number of hydrogen-bond acceptors (Lipinski definition) is 4. The summed E-state index contributed by atoms with van der Waals surface area (Å²) in [6.45, 7) is 2.13.